The molecule has 206 valence electrons. The molecular weight excluding hydrogens is 520 g/mol. The second-order valence-electron chi connectivity index (χ2n) is 9.98. The number of phenolic OH excluding ortho intramolecular Hbond substituents is 1. The van der Waals surface area contributed by atoms with Gasteiger partial charge in [0.05, 0.1) is 5.56 Å². The Morgan fingerprint density at radius 2 is 1.80 bits per heavy atom. The number of primary amides is 1. The van der Waals surface area contributed by atoms with Crippen LogP contribution in [-0.2, 0) is 25.5 Å². The van der Waals surface area contributed by atoms with Crippen molar-refractivity contribution in [1.82, 2.24) is 0 Å². The van der Waals surface area contributed by atoms with Crippen LogP contribution in [0, 0.1) is 11.8 Å². The van der Waals surface area contributed by atoms with E-state index in [1.165, 1.54) is 12.1 Å². The second kappa shape index (κ2) is 9.69. The molecule has 1 saturated carbocycles. The van der Waals surface area contributed by atoms with Crippen molar-refractivity contribution in [3.63, 3.8) is 0 Å². The number of aliphatic hydroxyl groups excluding tert-OH is 2. The summed E-state index contributed by atoms with van der Waals surface area (Å²) in [6, 6.07) is 9.77. The van der Waals surface area contributed by atoms with Gasteiger partial charge in [0, 0.05) is 23.6 Å². The molecule has 0 spiro atoms. The van der Waals surface area contributed by atoms with Gasteiger partial charge >= 0.3 is 6.09 Å². The number of phenols is 1. The zero-order valence-electron chi connectivity index (χ0n) is 21.1. The van der Waals surface area contributed by atoms with E-state index in [-0.39, 0.29) is 36.3 Å². The maximum absolute atomic E-state index is 13.6. The first-order valence-corrected chi connectivity index (χ1v) is 12.5. The van der Waals surface area contributed by atoms with Crippen molar-refractivity contribution >= 4 is 35.0 Å². The molecule has 1 fully saturated rings. The fourth-order valence-corrected chi connectivity index (χ4v) is 5.91. The molecule has 0 bridgehead atoms. The third-order valence-corrected chi connectivity index (χ3v) is 7.72. The molecule has 0 unspecified atom stereocenters. The fraction of sp³-hybridized carbons (Fsp3) is 0.241. The Balaban J connectivity index is 1.55. The van der Waals surface area contributed by atoms with Crippen molar-refractivity contribution in [2.45, 2.75) is 24.9 Å². The first kappa shape index (κ1) is 26.7. The maximum atomic E-state index is 13.6. The van der Waals surface area contributed by atoms with Gasteiger partial charge in [-0.15, -0.1) is 0 Å². The Labute approximate surface area is 227 Å². The minimum absolute atomic E-state index is 0.000153. The molecule has 3 aliphatic carbocycles. The van der Waals surface area contributed by atoms with Gasteiger partial charge < -0.3 is 30.9 Å². The molecule has 0 radical (unpaired) electrons. The third-order valence-electron chi connectivity index (χ3n) is 7.72. The van der Waals surface area contributed by atoms with Gasteiger partial charge in [0.2, 0.25) is 5.78 Å². The van der Waals surface area contributed by atoms with Crippen molar-refractivity contribution < 1.29 is 44.3 Å². The predicted octanol–water partition coefficient (Wildman–Crippen LogP) is 2.83. The summed E-state index contributed by atoms with van der Waals surface area (Å²) in [5.74, 6) is -6.78. The van der Waals surface area contributed by atoms with Gasteiger partial charge in [-0.1, -0.05) is 30.9 Å². The van der Waals surface area contributed by atoms with Crippen molar-refractivity contribution in [3.05, 3.63) is 77.1 Å². The smallest absolute Gasteiger partial charge is 0.411 e. The number of ketones is 2. The lowest BCUT2D eigenvalue weighted by Gasteiger charge is -2.46. The molecule has 0 heterocycles. The van der Waals surface area contributed by atoms with Crippen LogP contribution in [0.5, 0.6) is 5.75 Å². The summed E-state index contributed by atoms with van der Waals surface area (Å²) in [5.41, 5.74) is 3.90. The summed E-state index contributed by atoms with van der Waals surface area (Å²) in [6.07, 6.45) is 0.610. The summed E-state index contributed by atoms with van der Waals surface area (Å²) in [5, 5.41) is 46.6. The second-order valence-corrected chi connectivity index (χ2v) is 9.98. The van der Waals surface area contributed by atoms with Crippen LogP contribution in [0.15, 0.2) is 66.0 Å². The molecule has 2 aromatic carbocycles. The number of carbonyl (C=O) groups is 4. The molecule has 3 aliphatic rings. The minimum atomic E-state index is -2.61. The molecule has 40 heavy (non-hydrogen) atoms. The van der Waals surface area contributed by atoms with Crippen LogP contribution < -0.4 is 11.1 Å². The predicted molar refractivity (Wildman–Crippen MR) is 142 cm³/mol. The van der Waals surface area contributed by atoms with E-state index in [4.69, 9.17) is 10.5 Å². The number of fused-ring (bicyclic) bond motifs is 3. The van der Waals surface area contributed by atoms with Crippen LogP contribution in [0.3, 0.4) is 0 Å². The monoisotopic (exact) mass is 546 g/mol. The van der Waals surface area contributed by atoms with E-state index in [9.17, 15) is 39.6 Å². The van der Waals surface area contributed by atoms with E-state index in [2.05, 4.69) is 11.9 Å². The molecule has 2 amide bonds. The summed E-state index contributed by atoms with van der Waals surface area (Å²) < 4.78 is 4.91. The van der Waals surface area contributed by atoms with E-state index >= 15 is 0 Å². The number of amides is 2. The number of nitrogens with two attached hydrogens (primary N) is 1. The van der Waals surface area contributed by atoms with Crippen LogP contribution in [0.4, 0.5) is 10.5 Å². The molecule has 0 aliphatic heterocycles. The van der Waals surface area contributed by atoms with Gasteiger partial charge in [0.25, 0.3) is 5.91 Å². The van der Waals surface area contributed by atoms with Crippen LogP contribution in [-0.4, -0.2) is 56.2 Å². The number of hydrogen-bond donors (Lipinski definition) is 6. The van der Waals surface area contributed by atoms with Crippen molar-refractivity contribution in [3.8, 4) is 16.9 Å². The molecule has 2 aromatic rings. The lowest BCUT2D eigenvalue weighted by molar-refractivity contribution is -0.147. The maximum Gasteiger partial charge on any atom is 0.411 e. The summed E-state index contributed by atoms with van der Waals surface area (Å²) in [6.45, 7) is 3.54. The fourth-order valence-electron chi connectivity index (χ4n) is 5.91. The zero-order valence-corrected chi connectivity index (χ0v) is 21.1. The number of carbonyl (C=O) groups excluding carboxylic acids is 4. The summed E-state index contributed by atoms with van der Waals surface area (Å²) in [4.78, 5) is 49.7. The number of aliphatic hydroxyl groups is 3. The number of nitrogens with one attached hydrogen (secondary N) is 1. The van der Waals surface area contributed by atoms with Crippen LogP contribution in [0.1, 0.15) is 24.0 Å². The van der Waals surface area contributed by atoms with Gasteiger partial charge in [-0.3, -0.25) is 19.7 Å². The van der Waals surface area contributed by atoms with Gasteiger partial charge in [0.1, 0.15) is 29.4 Å². The average Bonchev–Trinajstić information content (AvgIpc) is 2.90. The largest absolute Gasteiger partial charge is 0.508 e. The van der Waals surface area contributed by atoms with Crippen LogP contribution in [0.25, 0.3) is 16.9 Å². The zero-order chi connectivity index (χ0) is 28.9. The SMILES string of the molecule is C=CCOC(=O)Nc1ccc(-c2ccc(O)c3c2C[C@H]2C[C@H]4CC(=O)C(C(N)=O)=C(O)[C@@]4(O)C(=O)C2=C3O)cc1. The summed E-state index contributed by atoms with van der Waals surface area (Å²) in [7, 11) is 0. The number of benzene rings is 2. The van der Waals surface area contributed by atoms with E-state index in [1.807, 2.05) is 0 Å². The number of aromatic hydroxyl groups is 1. The average molecular weight is 547 g/mol. The summed E-state index contributed by atoms with van der Waals surface area (Å²) >= 11 is 0. The van der Waals surface area contributed by atoms with Gasteiger partial charge in [-0.05, 0) is 53.6 Å². The van der Waals surface area contributed by atoms with Gasteiger partial charge in [-0.2, -0.15) is 0 Å². The van der Waals surface area contributed by atoms with E-state index in [1.54, 1.807) is 30.3 Å². The molecule has 0 saturated heterocycles. The Hall–Kier alpha value is -4.90. The lowest BCUT2D eigenvalue weighted by atomic mass is 9.59. The molecule has 11 nitrogen and oxygen atoms in total. The highest BCUT2D eigenvalue weighted by molar-refractivity contribution is 6.22. The van der Waals surface area contributed by atoms with Gasteiger partial charge in [0.15, 0.2) is 11.4 Å². The Kier molecular flexibility index (Phi) is 6.47. The van der Waals surface area contributed by atoms with Crippen LogP contribution in [0.2, 0.25) is 0 Å². The van der Waals surface area contributed by atoms with Gasteiger partial charge in [-0.25, -0.2) is 4.79 Å². The van der Waals surface area contributed by atoms with Crippen molar-refractivity contribution in [2.75, 3.05) is 11.9 Å². The van der Waals surface area contributed by atoms with Crippen molar-refractivity contribution in [2.24, 2.45) is 17.6 Å². The van der Waals surface area contributed by atoms with Crippen molar-refractivity contribution in [1.29, 1.82) is 0 Å². The first-order chi connectivity index (χ1) is 19.0. The quantitative estimate of drug-likeness (QED) is 0.241. The standard InChI is InChI=1S/C29H26N2O9/c1-2-9-40-28(38)31-16-5-3-13(4-6-16)17-7-8-19(32)22-18(17)11-14-10-15-12-20(33)23(27(30)37)26(36)29(15,39)25(35)21(14)24(22)34/h2-8,14-15,32,34,36,39H,1,9-12H2,(H2,30,37)(H,31,38)/t14-,15+,29+/m1/s1. The highest BCUT2D eigenvalue weighted by atomic mass is 16.5. The lowest BCUT2D eigenvalue weighted by Crippen LogP contribution is -2.58. The topological polar surface area (TPSA) is 196 Å². The Bertz CT molecular complexity index is 1550. The number of ether oxygens (including phenoxy) is 1. The normalized spacial score (nSPS) is 23.6. The number of Topliss-reactive ketones (excluding diaryl/α,β-unsaturated/α-hetero) is 2. The Morgan fingerprint density at radius 3 is 2.45 bits per heavy atom. The molecule has 3 atom stereocenters. The minimum Gasteiger partial charge on any atom is -0.508 e. The first-order valence-electron chi connectivity index (χ1n) is 12.5. The number of rotatable bonds is 5. The molecule has 7 N–H and O–H groups in total. The highest BCUT2D eigenvalue weighted by Gasteiger charge is 2.60. The molecule has 0 aromatic heterocycles. The van der Waals surface area contributed by atoms with E-state index in [0.29, 0.717) is 22.4 Å². The molecular formula is C29H26N2O9. The number of hydrogen-bond acceptors (Lipinski definition) is 9. The highest BCUT2D eigenvalue weighted by Crippen LogP contribution is 2.53. The van der Waals surface area contributed by atoms with E-state index in [0.717, 1.165) is 0 Å². The Morgan fingerprint density at radius 1 is 1.10 bits per heavy atom. The third kappa shape index (κ3) is 4.02. The van der Waals surface area contributed by atoms with Crippen LogP contribution >= 0.6 is 0 Å². The van der Waals surface area contributed by atoms with E-state index < -0.39 is 64.5 Å². The molecule has 5 rings (SSSR count). The molecule has 11 heteroatoms. The number of anilines is 1.